The van der Waals surface area contributed by atoms with E-state index in [1.807, 2.05) is 17.5 Å². The van der Waals surface area contributed by atoms with Gasteiger partial charge >= 0.3 is 0 Å². The van der Waals surface area contributed by atoms with Crippen molar-refractivity contribution >= 4 is 28.6 Å². The van der Waals surface area contributed by atoms with E-state index in [4.69, 9.17) is 0 Å². The number of carbonyl (C=O) groups excluding carboxylic acids is 1. The summed E-state index contributed by atoms with van der Waals surface area (Å²) < 4.78 is 0. The second kappa shape index (κ2) is 9.28. The number of rotatable bonds is 7. The zero-order valence-corrected chi connectivity index (χ0v) is 18.5. The van der Waals surface area contributed by atoms with Crippen LogP contribution in [0.4, 0.5) is 0 Å². The standard InChI is InChI=1S/C23H22N4OS2/c1-15-5-6-18(16(2)12-15)23-27-20(14-30-23)22(28)25-9-3-4-21-26-19(13-29-21)17-7-10-24-11-8-17/h5-8,10-14H,3-4,9H2,1-2H3,(H,25,28). The Balaban J connectivity index is 1.28. The summed E-state index contributed by atoms with van der Waals surface area (Å²) in [5.74, 6) is -0.126. The Hall–Kier alpha value is -2.90. The third-order valence-electron chi connectivity index (χ3n) is 4.73. The average molecular weight is 435 g/mol. The first-order chi connectivity index (χ1) is 14.6. The summed E-state index contributed by atoms with van der Waals surface area (Å²) in [5, 5.41) is 8.81. The van der Waals surface area contributed by atoms with Crippen LogP contribution in [0.25, 0.3) is 21.8 Å². The molecular weight excluding hydrogens is 412 g/mol. The van der Waals surface area contributed by atoms with E-state index < -0.39 is 0 Å². The van der Waals surface area contributed by atoms with Crippen molar-refractivity contribution in [1.29, 1.82) is 0 Å². The minimum atomic E-state index is -0.126. The zero-order valence-electron chi connectivity index (χ0n) is 16.9. The first-order valence-electron chi connectivity index (χ1n) is 9.76. The Morgan fingerprint density at radius 3 is 2.67 bits per heavy atom. The van der Waals surface area contributed by atoms with Crippen molar-refractivity contribution in [2.75, 3.05) is 6.54 Å². The average Bonchev–Trinajstić information content (AvgIpc) is 3.42. The molecule has 1 aromatic carbocycles. The van der Waals surface area contributed by atoms with Crippen LogP contribution in [0.1, 0.15) is 33.0 Å². The molecule has 1 N–H and O–H groups in total. The fraction of sp³-hybridized carbons (Fsp3) is 0.217. The molecule has 30 heavy (non-hydrogen) atoms. The fourth-order valence-corrected chi connectivity index (χ4v) is 4.91. The first-order valence-corrected chi connectivity index (χ1v) is 11.5. The van der Waals surface area contributed by atoms with Gasteiger partial charge in [0, 0.05) is 47.2 Å². The predicted octanol–water partition coefficient (Wildman–Crippen LogP) is 5.31. The maximum atomic E-state index is 12.4. The highest BCUT2D eigenvalue weighted by Crippen LogP contribution is 2.27. The molecule has 3 aromatic heterocycles. The van der Waals surface area contributed by atoms with Crippen LogP contribution in [0.2, 0.25) is 0 Å². The molecule has 0 spiro atoms. The smallest absolute Gasteiger partial charge is 0.270 e. The van der Waals surface area contributed by atoms with Crippen molar-refractivity contribution in [2.45, 2.75) is 26.7 Å². The SMILES string of the molecule is Cc1ccc(-c2nc(C(=O)NCCCc3nc(-c4ccncc4)cs3)cs2)c(C)c1. The Bertz CT molecular complexity index is 1150. The van der Waals surface area contributed by atoms with Gasteiger partial charge < -0.3 is 5.32 Å². The van der Waals surface area contributed by atoms with E-state index in [0.29, 0.717) is 12.2 Å². The molecule has 0 radical (unpaired) electrons. The topological polar surface area (TPSA) is 67.8 Å². The van der Waals surface area contributed by atoms with Crippen LogP contribution in [0.5, 0.6) is 0 Å². The normalized spacial score (nSPS) is 10.9. The Morgan fingerprint density at radius 1 is 1.03 bits per heavy atom. The lowest BCUT2D eigenvalue weighted by molar-refractivity contribution is 0.0949. The fourth-order valence-electron chi connectivity index (χ4n) is 3.17. The minimum absolute atomic E-state index is 0.126. The molecule has 0 bridgehead atoms. The Morgan fingerprint density at radius 2 is 1.87 bits per heavy atom. The molecule has 0 aliphatic rings. The summed E-state index contributed by atoms with van der Waals surface area (Å²) in [4.78, 5) is 25.7. The molecule has 4 aromatic rings. The number of aryl methyl sites for hydroxylation is 3. The molecule has 152 valence electrons. The second-order valence-corrected chi connectivity index (χ2v) is 8.88. The van der Waals surface area contributed by atoms with Gasteiger partial charge in [0.15, 0.2) is 0 Å². The number of nitrogens with zero attached hydrogens (tertiary/aromatic N) is 3. The second-order valence-electron chi connectivity index (χ2n) is 7.08. The van der Waals surface area contributed by atoms with Crippen LogP contribution >= 0.6 is 22.7 Å². The van der Waals surface area contributed by atoms with Gasteiger partial charge in [0.05, 0.1) is 10.7 Å². The van der Waals surface area contributed by atoms with Gasteiger partial charge in [0.1, 0.15) is 10.7 Å². The highest BCUT2D eigenvalue weighted by Gasteiger charge is 2.13. The van der Waals surface area contributed by atoms with Gasteiger partial charge in [0.2, 0.25) is 0 Å². The van der Waals surface area contributed by atoms with E-state index in [1.165, 1.54) is 22.5 Å². The van der Waals surface area contributed by atoms with Crippen molar-refractivity contribution < 1.29 is 4.79 Å². The van der Waals surface area contributed by atoms with Gasteiger partial charge in [-0.25, -0.2) is 9.97 Å². The maximum absolute atomic E-state index is 12.4. The largest absolute Gasteiger partial charge is 0.351 e. The highest BCUT2D eigenvalue weighted by molar-refractivity contribution is 7.13. The molecule has 1 amide bonds. The number of aromatic nitrogens is 3. The van der Waals surface area contributed by atoms with E-state index in [0.717, 1.165) is 39.7 Å². The number of benzene rings is 1. The third kappa shape index (κ3) is 4.80. The molecule has 3 heterocycles. The number of hydrogen-bond acceptors (Lipinski definition) is 6. The van der Waals surface area contributed by atoms with Gasteiger partial charge in [-0.3, -0.25) is 9.78 Å². The first kappa shape index (κ1) is 20.4. The van der Waals surface area contributed by atoms with E-state index >= 15 is 0 Å². The molecule has 0 atom stereocenters. The number of hydrogen-bond donors (Lipinski definition) is 1. The Labute approximate surface area is 183 Å². The zero-order chi connectivity index (χ0) is 20.9. The van der Waals surface area contributed by atoms with E-state index in [2.05, 4.69) is 57.7 Å². The summed E-state index contributed by atoms with van der Waals surface area (Å²) in [6.45, 7) is 4.74. The molecule has 0 saturated carbocycles. The van der Waals surface area contributed by atoms with Gasteiger partial charge in [0.25, 0.3) is 5.91 Å². The Kier molecular flexibility index (Phi) is 6.30. The van der Waals surface area contributed by atoms with Crippen LogP contribution < -0.4 is 5.32 Å². The van der Waals surface area contributed by atoms with Crippen molar-refractivity contribution in [2.24, 2.45) is 0 Å². The predicted molar refractivity (Wildman–Crippen MR) is 123 cm³/mol. The molecule has 0 aliphatic carbocycles. The van der Waals surface area contributed by atoms with E-state index in [-0.39, 0.29) is 5.91 Å². The molecule has 0 unspecified atom stereocenters. The summed E-state index contributed by atoms with van der Waals surface area (Å²) in [6.07, 6.45) is 5.21. The van der Waals surface area contributed by atoms with Crippen LogP contribution in [0, 0.1) is 13.8 Å². The molecule has 5 nitrogen and oxygen atoms in total. The summed E-state index contributed by atoms with van der Waals surface area (Å²) in [5.41, 5.74) is 6.00. The van der Waals surface area contributed by atoms with Crippen molar-refractivity contribution in [3.05, 3.63) is 75.3 Å². The lowest BCUT2D eigenvalue weighted by Crippen LogP contribution is -2.25. The molecule has 0 aliphatic heterocycles. The van der Waals surface area contributed by atoms with Crippen molar-refractivity contribution in [1.82, 2.24) is 20.3 Å². The monoisotopic (exact) mass is 434 g/mol. The lowest BCUT2D eigenvalue weighted by Gasteiger charge is -2.04. The molecule has 7 heteroatoms. The van der Waals surface area contributed by atoms with Crippen LogP contribution in [-0.2, 0) is 6.42 Å². The van der Waals surface area contributed by atoms with Crippen LogP contribution in [0.3, 0.4) is 0 Å². The molecule has 0 saturated heterocycles. The van der Waals surface area contributed by atoms with Gasteiger partial charge in [-0.05, 0) is 38.0 Å². The quantitative estimate of drug-likeness (QED) is 0.400. The molecule has 0 fully saturated rings. The number of thiazole rings is 2. The summed E-state index contributed by atoms with van der Waals surface area (Å²) >= 11 is 3.15. The van der Waals surface area contributed by atoms with Crippen molar-refractivity contribution in [3.63, 3.8) is 0 Å². The molecule has 4 rings (SSSR count). The van der Waals surface area contributed by atoms with Crippen LogP contribution in [-0.4, -0.2) is 27.4 Å². The van der Waals surface area contributed by atoms with Gasteiger partial charge in [-0.15, -0.1) is 22.7 Å². The summed E-state index contributed by atoms with van der Waals surface area (Å²) in [7, 11) is 0. The number of pyridine rings is 1. The van der Waals surface area contributed by atoms with Crippen LogP contribution in [0.15, 0.2) is 53.5 Å². The summed E-state index contributed by atoms with van der Waals surface area (Å²) in [6, 6.07) is 10.2. The number of amides is 1. The van der Waals surface area contributed by atoms with E-state index in [1.54, 1.807) is 23.7 Å². The maximum Gasteiger partial charge on any atom is 0.270 e. The van der Waals surface area contributed by atoms with Crippen molar-refractivity contribution in [3.8, 4) is 21.8 Å². The molecular formula is C23H22N4OS2. The number of nitrogens with one attached hydrogen (secondary N) is 1. The minimum Gasteiger partial charge on any atom is -0.351 e. The lowest BCUT2D eigenvalue weighted by atomic mass is 10.1. The van der Waals surface area contributed by atoms with E-state index in [9.17, 15) is 4.79 Å². The number of carbonyl (C=O) groups is 1. The van der Waals surface area contributed by atoms with Gasteiger partial charge in [-0.1, -0.05) is 23.8 Å². The highest BCUT2D eigenvalue weighted by atomic mass is 32.1. The third-order valence-corrected chi connectivity index (χ3v) is 6.51. The van der Waals surface area contributed by atoms with Gasteiger partial charge in [-0.2, -0.15) is 0 Å².